The molecule has 0 bridgehead atoms. The number of nitrogens with one attached hydrogen (secondary N) is 2. The number of anilines is 1. The molecule has 1 aromatic carbocycles. The second-order valence-electron chi connectivity index (χ2n) is 7.81. The van der Waals surface area contributed by atoms with Gasteiger partial charge in [0.15, 0.2) is 11.7 Å². The Labute approximate surface area is 154 Å². The molecule has 1 saturated heterocycles. The molecule has 1 aromatic rings. The van der Waals surface area contributed by atoms with Gasteiger partial charge >= 0.3 is 0 Å². The zero-order valence-corrected chi connectivity index (χ0v) is 15.6. The summed E-state index contributed by atoms with van der Waals surface area (Å²) in [7, 11) is 0. The first kappa shape index (κ1) is 18.6. The summed E-state index contributed by atoms with van der Waals surface area (Å²) in [6.45, 7) is 3.65. The Morgan fingerprint density at radius 2 is 1.81 bits per heavy atom. The molecule has 0 radical (unpaired) electrons. The molecule has 140 valence electrons. The number of hydrogen-bond acceptors (Lipinski definition) is 3. The van der Waals surface area contributed by atoms with Crippen LogP contribution in [0.4, 0.5) is 5.69 Å². The zero-order valence-electron chi connectivity index (χ0n) is 15.6. The number of carbonyl (C=O) groups is 3. The maximum Gasteiger partial charge on any atom is 0.244 e. The minimum atomic E-state index is -1.26. The summed E-state index contributed by atoms with van der Waals surface area (Å²) in [4.78, 5) is 37.3. The first-order chi connectivity index (χ1) is 12.4. The first-order valence-electron chi connectivity index (χ1n) is 9.72. The molecule has 0 spiro atoms. The maximum atomic E-state index is 12.6. The quantitative estimate of drug-likeness (QED) is 0.792. The van der Waals surface area contributed by atoms with Gasteiger partial charge < -0.3 is 10.6 Å². The van der Waals surface area contributed by atoms with E-state index in [0.29, 0.717) is 18.0 Å². The molecule has 5 heteroatoms. The molecule has 2 fully saturated rings. The second-order valence-corrected chi connectivity index (χ2v) is 7.81. The van der Waals surface area contributed by atoms with Gasteiger partial charge in [0, 0.05) is 5.69 Å². The third-order valence-electron chi connectivity index (χ3n) is 5.73. The van der Waals surface area contributed by atoms with Crippen molar-refractivity contribution in [3.8, 4) is 0 Å². The molecule has 1 aliphatic carbocycles. The van der Waals surface area contributed by atoms with Crippen molar-refractivity contribution in [1.82, 2.24) is 5.32 Å². The first-order valence-corrected chi connectivity index (χ1v) is 9.72. The van der Waals surface area contributed by atoms with E-state index in [0.717, 1.165) is 6.42 Å². The highest BCUT2D eigenvalue weighted by molar-refractivity contribution is 6.27. The van der Waals surface area contributed by atoms with E-state index in [2.05, 4.69) is 10.6 Å². The van der Waals surface area contributed by atoms with Crippen LogP contribution in [0.2, 0.25) is 0 Å². The summed E-state index contributed by atoms with van der Waals surface area (Å²) in [5.41, 5.74) is 0.991. The van der Waals surface area contributed by atoms with Crippen LogP contribution in [0.15, 0.2) is 24.3 Å². The van der Waals surface area contributed by atoms with Crippen LogP contribution in [0.3, 0.4) is 0 Å². The van der Waals surface area contributed by atoms with Crippen molar-refractivity contribution in [1.29, 1.82) is 0 Å². The Kier molecular flexibility index (Phi) is 5.44. The molecule has 1 heterocycles. The van der Waals surface area contributed by atoms with Gasteiger partial charge in [0.1, 0.15) is 0 Å². The Morgan fingerprint density at radius 1 is 1.15 bits per heavy atom. The predicted octanol–water partition coefficient (Wildman–Crippen LogP) is 3.55. The van der Waals surface area contributed by atoms with Gasteiger partial charge in [-0.2, -0.15) is 0 Å². The largest absolute Gasteiger partial charge is 0.343 e. The molecule has 3 rings (SSSR count). The van der Waals surface area contributed by atoms with Gasteiger partial charge in [-0.1, -0.05) is 44.7 Å². The Hall–Kier alpha value is -2.17. The topological polar surface area (TPSA) is 75.3 Å². The Balaban J connectivity index is 1.66. The van der Waals surface area contributed by atoms with Crippen molar-refractivity contribution < 1.29 is 14.4 Å². The van der Waals surface area contributed by atoms with Crippen molar-refractivity contribution in [3.05, 3.63) is 29.8 Å². The van der Waals surface area contributed by atoms with Crippen LogP contribution in [-0.2, 0) is 14.4 Å². The van der Waals surface area contributed by atoms with Crippen LogP contribution in [0.25, 0.3) is 0 Å². The molecular formula is C21H28N2O3. The second kappa shape index (κ2) is 7.60. The lowest BCUT2D eigenvalue weighted by atomic mass is 9.84. The minimum absolute atomic E-state index is 0.333. The monoisotopic (exact) mass is 356 g/mol. The van der Waals surface area contributed by atoms with E-state index in [1.165, 1.54) is 37.7 Å². The number of hydrogen-bond donors (Lipinski definition) is 2. The fourth-order valence-corrected chi connectivity index (χ4v) is 4.26. The zero-order chi connectivity index (χ0) is 18.7. The van der Waals surface area contributed by atoms with Crippen LogP contribution in [0, 0.1) is 5.92 Å². The maximum absolute atomic E-state index is 12.6. The van der Waals surface area contributed by atoms with Gasteiger partial charge in [-0.15, -0.1) is 0 Å². The van der Waals surface area contributed by atoms with E-state index in [4.69, 9.17) is 0 Å². The third kappa shape index (κ3) is 3.67. The van der Waals surface area contributed by atoms with Crippen molar-refractivity contribution in [2.24, 2.45) is 5.92 Å². The summed E-state index contributed by atoms with van der Waals surface area (Å²) in [6, 6.07) is 7.82. The lowest BCUT2D eigenvalue weighted by Gasteiger charge is -2.22. The van der Waals surface area contributed by atoms with Gasteiger partial charge in [0.05, 0.1) is 5.54 Å². The molecule has 1 aliphatic heterocycles. The number of rotatable bonds is 5. The van der Waals surface area contributed by atoms with Crippen LogP contribution in [0.1, 0.15) is 70.3 Å². The normalized spacial score (nSPS) is 26.6. The number of amides is 2. The summed E-state index contributed by atoms with van der Waals surface area (Å²) >= 11 is 0. The van der Waals surface area contributed by atoms with Gasteiger partial charge in [-0.25, -0.2) is 0 Å². The molecule has 5 nitrogen and oxygen atoms in total. The van der Waals surface area contributed by atoms with E-state index < -0.39 is 23.3 Å². The van der Waals surface area contributed by atoms with Crippen LogP contribution in [0.5, 0.6) is 0 Å². The Morgan fingerprint density at radius 3 is 2.42 bits per heavy atom. The summed E-state index contributed by atoms with van der Waals surface area (Å²) < 4.78 is 0. The molecule has 26 heavy (non-hydrogen) atoms. The fraction of sp³-hybridized carbons (Fsp3) is 0.571. The molecule has 2 N–H and O–H groups in total. The number of benzene rings is 1. The SMILES string of the molecule is CCCC1(C)NC(=O)C(C(=O)Nc2ccc(C3CCCCC3)cc2)C1=O. The average molecular weight is 356 g/mol. The minimum Gasteiger partial charge on any atom is -0.343 e. The molecule has 2 atom stereocenters. The van der Waals surface area contributed by atoms with E-state index in [-0.39, 0.29) is 5.78 Å². The molecule has 0 aromatic heterocycles. The predicted molar refractivity (Wildman–Crippen MR) is 101 cm³/mol. The average Bonchev–Trinajstić information content (AvgIpc) is 2.85. The van der Waals surface area contributed by atoms with Crippen molar-refractivity contribution in [2.75, 3.05) is 5.32 Å². The molecule has 2 aliphatic rings. The van der Waals surface area contributed by atoms with Crippen LogP contribution < -0.4 is 10.6 Å². The van der Waals surface area contributed by atoms with Crippen LogP contribution in [-0.4, -0.2) is 23.1 Å². The lowest BCUT2D eigenvalue weighted by molar-refractivity contribution is -0.135. The highest BCUT2D eigenvalue weighted by atomic mass is 16.2. The molecule has 2 unspecified atom stereocenters. The molecule has 2 amide bonds. The Bertz CT molecular complexity index is 692. The van der Waals surface area contributed by atoms with E-state index >= 15 is 0 Å². The standard InChI is InChI=1S/C21H28N2O3/c1-3-13-21(2)18(24)17(20(26)23-21)19(25)22-16-11-9-15(10-12-16)14-7-5-4-6-8-14/h9-12,14,17H,3-8,13H2,1-2H3,(H,22,25)(H,23,26). The van der Waals surface area contributed by atoms with Gasteiger partial charge in [0.2, 0.25) is 11.8 Å². The van der Waals surface area contributed by atoms with Crippen molar-refractivity contribution >= 4 is 23.3 Å². The fourth-order valence-electron chi connectivity index (χ4n) is 4.26. The number of carbonyl (C=O) groups excluding carboxylic acids is 3. The molecule has 1 saturated carbocycles. The highest BCUT2D eigenvalue weighted by Gasteiger charge is 2.52. The highest BCUT2D eigenvalue weighted by Crippen LogP contribution is 2.33. The summed E-state index contributed by atoms with van der Waals surface area (Å²) in [6.07, 6.45) is 7.62. The smallest absolute Gasteiger partial charge is 0.244 e. The van der Waals surface area contributed by atoms with Gasteiger partial charge in [-0.3, -0.25) is 14.4 Å². The van der Waals surface area contributed by atoms with E-state index in [9.17, 15) is 14.4 Å². The van der Waals surface area contributed by atoms with E-state index in [1.807, 2.05) is 31.2 Å². The molecular weight excluding hydrogens is 328 g/mol. The summed E-state index contributed by atoms with van der Waals surface area (Å²) in [5, 5.41) is 5.43. The number of Topliss-reactive ketones (excluding diaryl/α,β-unsaturated/α-hetero) is 1. The van der Waals surface area contributed by atoms with E-state index in [1.54, 1.807) is 6.92 Å². The van der Waals surface area contributed by atoms with Gasteiger partial charge in [0.25, 0.3) is 0 Å². The van der Waals surface area contributed by atoms with Crippen LogP contribution >= 0.6 is 0 Å². The van der Waals surface area contributed by atoms with Crippen molar-refractivity contribution in [2.45, 2.75) is 70.3 Å². The summed E-state index contributed by atoms with van der Waals surface area (Å²) in [5.74, 6) is -2.03. The third-order valence-corrected chi connectivity index (χ3v) is 5.73. The van der Waals surface area contributed by atoms with Gasteiger partial charge in [-0.05, 0) is 49.8 Å². The lowest BCUT2D eigenvalue weighted by Crippen LogP contribution is -2.43. The number of ketones is 1. The van der Waals surface area contributed by atoms with Crippen molar-refractivity contribution in [3.63, 3.8) is 0 Å².